The van der Waals surface area contributed by atoms with Crippen LogP contribution in [0.4, 0.5) is 5.69 Å². The standard InChI is InChI=1S/C23H18N2O4/c26-22(24-15-9-10-20-21(13-15)28-12-11-27-20)14-29-25-23-18-7-3-1-5-16(18)17-6-2-4-8-19(17)23/h1-10,13H,11-12,14H2,(H,24,26). The fourth-order valence-electron chi connectivity index (χ4n) is 3.57. The molecule has 6 nitrogen and oxygen atoms in total. The van der Waals surface area contributed by atoms with Crippen LogP contribution in [0.1, 0.15) is 11.1 Å². The van der Waals surface area contributed by atoms with Crippen molar-refractivity contribution in [3.63, 3.8) is 0 Å². The van der Waals surface area contributed by atoms with Gasteiger partial charge in [0, 0.05) is 22.9 Å². The number of rotatable bonds is 4. The van der Waals surface area contributed by atoms with Crippen LogP contribution in [0.15, 0.2) is 71.9 Å². The summed E-state index contributed by atoms with van der Waals surface area (Å²) in [5.41, 5.74) is 5.59. The Morgan fingerprint density at radius 3 is 2.17 bits per heavy atom. The van der Waals surface area contributed by atoms with Crippen molar-refractivity contribution in [2.75, 3.05) is 25.1 Å². The molecule has 0 saturated carbocycles. The maximum Gasteiger partial charge on any atom is 0.265 e. The van der Waals surface area contributed by atoms with E-state index in [4.69, 9.17) is 14.3 Å². The Kier molecular flexibility index (Phi) is 4.37. The molecule has 0 radical (unpaired) electrons. The highest BCUT2D eigenvalue weighted by atomic mass is 16.6. The molecule has 144 valence electrons. The summed E-state index contributed by atoms with van der Waals surface area (Å²) in [5, 5.41) is 7.06. The van der Waals surface area contributed by atoms with E-state index in [0.717, 1.165) is 28.0 Å². The molecular weight excluding hydrogens is 368 g/mol. The molecule has 29 heavy (non-hydrogen) atoms. The fraction of sp³-hybridized carbons (Fsp3) is 0.130. The van der Waals surface area contributed by atoms with Crippen LogP contribution >= 0.6 is 0 Å². The first-order valence-corrected chi connectivity index (χ1v) is 9.38. The highest BCUT2D eigenvalue weighted by Gasteiger charge is 2.24. The number of benzene rings is 3. The van der Waals surface area contributed by atoms with Crippen LogP contribution in [-0.2, 0) is 9.63 Å². The summed E-state index contributed by atoms with van der Waals surface area (Å²) in [6.07, 6.45) is 0. The quantitative estimate of drug-likeness (QED) is 0.541. The molecule has 1 N–H and O–H groups in total. The van der Waals surface area contributed by atoms with Crippen LogP contribution in [0.3, 0.4) is 0 Å². The van der Waals surface area contributed by atoms with E-state index in [1.165, 1.54) is 0 Å². The van der Waals surface area contributed by atoms with Gasteiger partial charge in [-0.2, -0.15) is 0 Å². The maximum atomic E-state index is 12.3. The molecule has 0 aromatic heterocycles. The van der Waals surface area contributed by atoms with E-state index in [9.17, 15) is 4.79 Å². The number of ether oxygens (including phenoxy) is 2. The van der Waals surface area contributed by atoms with Gasteiger partial charge in [-0.15, -0.1) is 0 Å². The Morgan fingerprint density at radius 1 is 0.862 bits per heavy atom. The van der Waals surface area contributed by atoms with Crippen molar-refractivity contribution in [2.45, 2.75) is 0 Å². The zero-order chi connectivity index (χ0) is 19.6. The van der Waals surface area contributed by atoms with Crippen molar-refractivity contribution in [3.05, 3.63) is 77.9 Å². The highest BCUT2D eigenvalue weighted by molar-refractivity contribution is 6.24. The van der Waals surface area contributed by atoms with Gasteiger partial charge in [0.2, 0.25) is 0 Å². The van der Waals surface area contributed by atoms with Gasteiger partial charge in [0.15, 0.2) is 18.1 Å². The third-order valence-corrected chi connectivity index (χ3v) is 4.83. The van der Waals surface area contributed by atoms with Crippen molar-refractivity contribution in [2.24, 2.45) is 5.16 Å². The lowest BCUT2D eigenvalue weighted by molar-refractivity contribution is -0.120. The summed E-state index contributed by atoms with van der Waals surface area (Å²) in [7, 11) is 0. The van der Waals surface area contributed by atoms with Gasteiger partial charge in [-0.25, -0.2) is 0 Å². The molecule has 3 aromatic rings. The predicted molar refractivity (Wildman–Crippen MR) is 110 cm³/mol. The van der Waals surface area contributed by atoms with Gasteiger partial charge in [-0.05, 0) is 23.3 Å². The number of nitrogens with one attached hydrogen (secondary N) is 1. The summed E-state index contributed by atoms with van der Waals surface area (Å²) in [6, 6.07) is 21.3. The van der Waals surface area contributed by atoms with Crippen molar-refractivity contribution < 1.29 is 19.1 Å². The van der Waals surface area contributed by atoms with Gasteiger partial charge in [0.1, 0.15) is 18.9 Å². The molecule has 1 amide bonds. The number of hydrogen-bond acceptors (Lipinski definition) is 5. The number of fused-ring (bicyclic) bond motifs is 4. The minimum Gasteiger partial charge on any atom is -0.486 e. The third kappa shape index (κ3) is 3.29. The van der Waals surface area contributed by atoms with E-state index < -0.39 is 0 Å². The molecule has 0 saturated heterocycles. The highest BCUT2D eigenvalue weighted by Crippen LogP contribution is 2.36. The average molecular weight is 386 g/mol. The first-order valence-electron chi connectivity index (χ1n) is 9.38. The van der Waals surface area contributed by atoms with E-state index in [1.807, 2.05) is 36.4 Å². The summed E-state index contributed by atoms with van der Waals surface area (Å²) in [4.78, 5) is 17.7. The lowest BCUT2D eigenvalue weighted by atomic mass is 10.1. The number of oxime groups is 1. The number of amides is 1. The van der Waals surface area contributed by atoms with Gasteiger partial charge in [0.25, 0.3) is 5.91 Å². The number of anilines is 1. The van der Waals surface area contributed by atoms with Gasteiger partial charge >= 0.3 is 0 Å². The molecule has 1 aliphatic heterocycles. The van der Waals surface area contributed by atoms with Crippen LogP contribution in [0.5, 0.6) is 11.5 Å². The van der Waals surface area contributed by atoms with Crippen LogP contribution < -0.4 is 14.8 Å². The zero-order valence-corrected chi connectivity index (χ0v) is 15.6. The van der Waals surface area contributed by atoms with Gasteiger partial charge in [-0.3, -0.25) is 4.79 Å². The molecular formula is C23H18N2O4. The second kappa shape index (κ2) is 7.31. The van der Waals surface area contributed by atoms with Crippen molar-refractivity contribution >= 4 is 17.3 Å². The molecule has 0 fully saturated rings. The lowest BCUT2D eigenvalue weighted by Gasteiger charge is -2.18. The Morgan fingerprint density at radius 2 is 1.48 bits per heavy atom. The van der Waals surface area contributed by atoms with E-state index in [0.29, 0.717) is 30.4 Å². The van der Waals surface area contributed by atoms with Crippen LogP contribution in [0.25, 0.3) is 11.1 Å². The molecule has 1 heterocycles. The normalized spacial score (nSPS) is 13.3. The van der Waals surface area contributed by atoms with Crippen LogP contribution in [0.2, 0.25) is 0 Å². The summed E-state index contributed by atoms with van der Waals surface area (Å²) < 4.78 is 11.0. The summed E-state index contributed by atoms with van der Waals surface area (Å²) >= 11 is 0. The SMILES string of the molecule is O=C(CON=C1c2ccccc2-c2ccccc21)Nc1ccc2c(c1)OCCO2. The van der Waals surface area contributed by atoms with E-state index in [1.54, 1.807) is 18.2 Å². The second-order valence-electron chi connectivity index (χ2n) is 6.71. The first-order chi connectivity index (χ1) is 14.3. The Labute approximate surface area is 167 Å². The van der Waals surface area contributed by atoms with Gasteiger partial charge in [-0.1, -0.05) is 53.7 Å². The first kappa shape index (κ1) is 17.3. The van der Waals surface area contributed by atoms with Crippen molar-refractivity contribution in [1.82, 2.24) is 0 Å². The lowest BCUT2D eigenvalue weighted by Crippen LogP contribution is -2.19. The Bertz CT molecular complexity index is 1080. The van der Waals surface area contributed by atoms with E-state index >= 15 is 0 Å². The minimum atomic E-state index is -0.300. The number of carbonyl (C=O) groups is 1. The number of nitrogens with zero attached hydrogens (tertiary/aromatic N) is 1. The summed E-state index contributed by atoms with van der Waals surface area (Å²) in [5.74, 6) is 0.996. The van der Waals surface area contributed by atoms with E-state index in [-0.39, 0.29) is 12.5 Å². The second-order valence-corrected chi connectivity index (χ2v) is 6.71. The molecule has 6 heteroatoms. The largest absolute Gasteiger partial charge is 0.486 e. The maximum absolute atomic E-state index is 12.3. The van der Waals surface area contributed by atoms with E-state index in [2.05, 4.69) is 22.6 Å². The topological polar surface area (TPSA) is 69.2 Å². The average Bonchev–Trinajstić information content (AvgIpc) is 3.08. The number of carbonyl (C=O) groups excluding carboxylic acids is 1. The molecule has 0 atom stereocenters. The van der Waals surface area contributed by atoms with Gasteiger partial charge < -0.3 is 19.6 Å². The Balaban J connectivity index is 1.28. The molecule has 1 aliphatic carbocycles. The van der Waals surface area contributed by atoms with Crippen LogP contribution in [-0.4, -0.2) is 31.4 Å². The monoisotopic (exact) mass is 386 g/mol. The zero-order valence-electron chi connectivity index (χ0n) is 15.6. The van der Waals surface area contributed by atoms with Crippen molar-refractivity contribution in [3.8, 4) is 22.6 Å². The predicted octanol–water partition coefficient (Wildman–Crippen LogP) is 3.85. The van der Waals surface area contributed by atoms with Crippen molar-refractivity contribution in [1.29, 1.82) is 0 Å². The molecule has 0 spiro atoms. The van der Waals surface area contributed by atoms with Crippen LogP contribution in [0, 0.1) is 0 Å². The Hall–Kier alpha value is -3.80. The molecule has 0 bridgehead atoms. The molecule has 3 aromatic carbocycles. The van der Waals surface area contributed by atoms with Gasteiger partial charge in [0.05, 0.1) is 0 Å². The summed E-state index contributed by atoms with van der Waals surface area (Å²) in [6.45, 7) is 0.829. The molecule has 5 rings (SSSR count). The smallest absolute Gasteiger partial charge is 0.265 e. The molecule has 0 unspecified atom stereocenters. The minimum absolute atomic E-state index is 0.192. The third-order valence-electron chi connectivity index (χ3n) is 4.83. The fourth-order valence-corrected chi connectivity index (χ4v) is 3.57. The number of hydrogen-bond donors (Lipinski definition) is 1. The molecule has 2 aliphatic rings.